The summed E-state index contributed by atoms with van der Waals surface area (Å²) in [6.07, 6.45) is 4.33. The van der Waals surface area contributed by atoms with Crippen molar-refractivity contribution in [3.63, 3.8) is 0 Å². The number of rotatable bonds is 7. The van der Waals surface area contributed by atoms with Crippen LogP contribution in [0, 0.1) is 11.8 Å². The fraction of sp³-hybridized carbons (Fsp3) is 0.516. The van der Waals surface area contributed by atoms with Gasteiger partial charge in [0.05, 0.1) is 30.4 Å². The normalized spacial score (nSPS) is 21.0. The first-order valence-electron chi connectivity index (χ1n) is 14.7. The van der Waals surface area contributed by atoms with Crippen molar-refractivity contribution in [2.75, 3.05) is 44.2 Å². The Morgan fingerprint density at radius 2 is 1.86 bits per heavy atom. The van der Waals surface area contributed by atoms with Crippen LogP contribution in [-0.2, 0) is 4.79 Å². The highest BCUT2D eigenvalue weighted by Gasteiger charge is 2.35. The average Bonchev–Trinajstić information content (AvgIpc) is 3.47. The number of nitrogens with zero attached hydrogens (tertiary/aromatic N) is 2. The first-order valence-corrected chi connectivity index (χ1v) is 14.7. The van der Waals surface area contributed by atoms with Crippen molar-refractivity contribution < 1.29 is 33.7 Å². The summed E-state index contributed by atoms with van der Waals surface area (Å²) in [5.41, 5.74) is 1.30. The zero-order valence-corrected chi connectivity index (χ0v) is 24.4. The molecule has 3 atom stereocenters. The number of para-hydroxylation sites is 1. The number of carbonyl (C=O) groups is 3. The molecule has 1 fully saturated rings. The minimum absolute atomic E-state index is 0.0772. The van der Waals surface area contributed by atoms with Crippen LogP contribution in [0.5, 0.6) is 17.2 Å². The molecule has 3 aliphatic rings. The molecule has 0 saturated heterocycles. The van der Waals surface area contributed by atoms with E-state index in [1.165, 1.54) is 4.90 Å². The molecule has 1 saturated carbocycles. The van der Waals surface area contributed by atoms with Crippen molar-refractivity contribution in [3.05, 3.63) is 42.0 Å². The SMILES string of the molecule is CC1CN(C(C)CO)C(=O)c2cccc(NC(=O)C3CCCCC3)c2OC1CN(C)C(=O)Nc1ccc2c(c1)OCO2. The van der Waals surface area contributed by atoms with E-state index in [0.29, 0.717) is 35.0 Å². The lowest BCUT2D eigenvalue weighted by Crippen LogP contribution is -2.50. The Labute approximate surface area is 246 Å². The number of hydrogen-bond donors (Lipinski definition) is 3. The van der Waals surface area contributed by atoms with Gasteiger partial charge in [0.1, 0.15) is 6.10 Å². The van der Waals surface area contributed by atoms with Crippen LogP contribution < -0.4 is 24.8 Å². The number of ether oxygens (including phenoxy) is 3. The van der Waals surface area contributed by atoms with Crippen LogP contribution in [0.3, 0.4) is 0 Å². The minimum atomic E-state index is -0.523. The summed E-state index contributed by atoms with van der Waals surface area (Å²) in [5, 5.41) is 15.9. The highest BCUT2D eigenvalue weighted by atomic mass is 16.7. The van der Waals surface area contributed by atoms with Crippen LogP contribution in [0.4, 0.5) is 16.2 Å². The van der Waals surface area contributed by atoms with Crippen molar-refractivity contribution in [2.45, 2.75) is 58.1 Å². The van der Waals surface area contributed by atoms with Gasteiger partial charge in [-0.15, -0.1) is 0 Å². The fourth-order valence-corrected chi connectivity index (χ4v) is 5.71. The second-order valence-corrected chi connectivity index (χ2v) is 11.5. The van der Waals surface area contributed by atoms with Gasteiger partial charge in [0.2, 0.25) is 12.7 Å². The number of amides is 4. The Morgan fingerprint density at radius 1 is 1.10 bits per heavy atom. The van der Waals surface area contributed by atoms with E-state index in [1.54, 1.807) is 55.3 Å². The number of anilines is 2. The molecule has 11 nitrogen and oxygen atoms in total. The Balaban J connectivity index is 1.39. The highest BCUT2D eigenvalue weighted by Crippen LogP contribution is 2.37. The molecule has 2 aromatic rings. The zero-order valence-electron chi connectivity index (χ0n) is 24.4. The summed E-state index contributed by atoms with van der Waals surface area (Å²) < 4.78 is 17.3. The molecule has 2 heterocycles. The van der Waals surface area contributed by atoms with Gasteiger partial charge in [0.25, 0.3) is 5.91 Å². The fourth-order valence-electron chi connectivity index (χ4n) is 5.71. The van der Waals surface area contributed by atoms with Crippen LogP contribution in [0.15, 0.2) is 36.4 Å². The van der Waals surface area contributed by atoms with Crippen molar-refractivity contribution >= 4 is 29.2 Å². The molecule has 0 spiro atoms. The van der Waals surface area contributed by atoms with E-state index in [4.69, 9.17) is 14.2 Å². The number of urea groups is 1. The Kier molecular flexibility index (Phi) is 9.06. The van der Waals surface area contributed by atoms with Crippen LogP contribution >= 0.6 is 0 Å². The summed E-state index contributed by atoms with van der Waals surface area (Å²) in [6.45, 7) is 4.21. The molecule has 2 aromatic carbocycles. The lowest BCUT2D eigenvalue weighted by molar-refractivity contribution is -0.120. The van der Waals surface area contributed by atoms with Gasteiger partial charge in [0, 0.05) is 37.2 Å². The largest absolute Gasteiger partial charge is 0.485 e. The minimum Gasteiger partial charge on any atom is -0.485 e. The molecule has 1 aliphatic carbocycles. The summed E-state index contributed by atoms with van der Waals surface area (Å²) in [5.74, 6) is 0.826. The quantitative estimate of drug-likeness (QED) is 0.445. The maximum Gasteiger partial charge on any atom is 0.321 e. The number of hydrogen-bond acceptors (Lipinski definition) is 7. The van der Waals surface area contributed by atoms with Gasteiger partial charge in [-0.3, -0.25) is 9.59 Å². The number of likely N-dealkylation sites (N-methyl/N-ethyl adjacent to an activating group) is 1. The summed E-state index contributed by atoms with van der Waals surface area (Å²) >= 11 is 0. The smallest absolute Gasteiger partial charge is 0.321 e. The molecule has 0 radical (unpaired) electrons. The summed E-state index contributed by atoms with van der Waals surface area (Å²) in [4.78, 5) is 43.3. The van der Waals surface area contributed by atoms with E-state index < -0.39 is 12.1 Å². The lowest BCUT2D eigenvalue weighted by Gasteiger charge is -2.38. The van der Waals surface area contributed by atoms with E-state index >= 15 is 0 Å². The van der Waals surface area contributed by atoms with Gasteiger partial charge in [-0.1, -0.05) is 32.3 Å². The van der Waals surface area contributed by atoms with Gasteiger partial charge >= 0.3 is 6.03 Å². The monoisotopic (exact) mass is 580 g/mol. The van der Waals surface area contributed by atoms with Gasteiger partial charge in [-0.25, -0.2) is 4.79 Å². The topological polar surface area (TPSA) is 130 Å². The predicted molar refractivity (Wildman–Crippen MR) is 157 cm³/mol. The molecule has 0 aromatic heterocycles. The van der Waals surface area contributed by atoms with Crippen LogP contribution in [0.25, 0.3) is 0 Å². The predicted octanol–water partition coefficient (Wildman–Crippen LogP) is 4.32. The van der Waals surface area contributed by atoms with Crippen molar-refractivity contribution in [1.29, 1.82) is 0 Å². The molecule has 3 N–H and O–H groups in total. The Morgan fingerprint density at radius 3 is 2.62 bits per heavy atom. The number of aliphatic hydroxyl groups is 1. The third-order valence-corrected chi connectivity index (χ3v) is 8.35. The second-order valence-electron chi connectivity index (χ2n) is 11.5. The van der Waals surface area contributed by atoms with Gasteiger partial charge in [-0.05, 0) is 44.0 Å². The summed E-state index contributed by atoms with van der Waals surface area (Å²) in [6, 6.07) is 9.56. The third kappa shape index (κ3) is 6.41. The Bertz CT molecular complexity index is 1310. The van der Waals surface area contributed by atoms with Crippen molar-refractivity contribution in [3.8, 4) is 17.2 Å². The van der Waals surface area contributed by atoms with Gasteiger partial charge < -0.3 is 39.8 Å². The van der Waals surface area contributed by atoms with Gasteiger partial charge in [-0.2, -0.15) is 0 Å². The molecule has 42 heavy (non-hydrogen) atoms. The van der Waals surface area contributed by atoms with E-state index in [2.05, 4.69) is 10.6 Å². The number of carbonyl (C=O) groups excluding carboxylic acids is 3. The standard InChI is InChI=1S/C31H40N4O7/c1-19-15-35(20(2)17-36)30(38)23-10-7-11-24(33-29(37)21-8-5-4-6-9-21)28(23)42-27(19)16-34(3)31(39)32-22-12-13-25-26(14-22)41-18-40-25/h7,10-14,19-21,27,36H,4-6,8-9,15-18H2,1-3H3,(H,32,39)(H,33,37). The molecule has 226 valence electrons. The van der Waals surface area contributed by atoms with E-state index in [-0.39, 0.29) is 55.4 Å². The van der Waals surface area contributed by atoms with Crippen molar-refractivity contribution in [2.24, 2.45) is 11.8 Å². The molecule has 3 unspecified atom stereocenters. The van der Waals surface area contributed by atoms with Crippen LogP contribution in [0.1, 0.15) is 56.3 Å². The van der Waals surface area contributed by atoms with Gasteiger partial charge in [0.15, 0.2) is 17.2 Å². The average molecular weight is 581 g/mol. The maximum absolute atomic E-state index is 13.7. The number of nitrogens with one attached hydrogen (secondary N) is 2. The maximum atomic E-state index is 13.7. The molecule has 4 amide bonds. The number of benzene rings is 2. The number of aliphatic hydroxyl groups excluding tert-OH is 1. The lowest BCUT2D eigenvalue weighted by atomic mass is 9.88. The first-order chi connectivity index (χ1) is 20.2. The first kappa shape index (κ1) is 29.5. The van der Waals surface area contributed by atoms with E-state index in [9.17, 15) is 19.5 Å². The molecule has 2 aliphatic heterocycles. The second kappa shape index (κ2) is 12.9. The zero-order chi connectivity index (χ0) is 29.8. The summed E-state index contributed by atoms with van der Waals surface area (Å²) in [7, 11) is 1.67. The molecule has 0 bridgehead atoms. The Hall–Kier alpha value is -3.99. The highest BCUT2D eigenvalue weighted by molar-refractivity contribution is 6.02. The van der Waals surface area contributed by atoms with Crippen molar-refractivity contribution in [1.82, 2.24) is 9.80 Å². The molecule has 5 rings (SSSR count). The molecule has 11 heteroatoms. The van der Waals surface area contributed by atoms with Crippen LogP contribution in [-0.4, -0.2) is 78.4 Å². The van der Waals surface area contributed by atoms with E-state index in [1.807, 2.05) is 6.92 Å². The molecular weight excluding hydrogens is 540 g/mol. The molecular formula is C31H40N4O7. The number of fused-ring (bicyclic) bond motifs is 2. The van der Waals surface area contributed by atoms with E-state index in [0.717, 1.165) is 32.1 Å². The third-order valence-electron chi connectivity index (χ3n) is 8.35. The van der Waals surface area contributed by atoms with Crippen LogP contribution in [0.2, 0.25) is 0 Å².